The van der Waals surface area contributed by atoms with E-state index < -0.39 is 10.0 Å². The van der Waals surface area contributed by atoms with Gasteiger partial charge in [0, 0.05) is 0 Å². The van der Waals surface area contributed by atoms with Gasteiger partial charge in [-0.15, -0.1) is 0 Å². The van der Waals surface area contributed by atoms with E-state index >= 15 is 0 Å². The van der Waals surface area contributed by atoms with E-state index in [0.717, 1.165) is 16.8 Å². The van der Waals surface area contributed by atoms with Gasteiger partial charge in [-0.3, -0.25) is 0 Å². The maximum atomic E-state index is 12.0. The van der Waals surface area contributed by atoms with Gasteiger partial charge in [0.05, 0.1) is 23.7 Å². The summed E-state index contributed by atoms with van der Waals surface area (Å²) in [5.74, 6) is -0.0351. The Labute approximate surface area is 119 Å². The second kappa shape index (κ2) is 6.11. The smallest absolute Gasteiger partial charge is 0.212 e. The van der Waals surface area contributed by atoms with Gasteiger partial charge >= 0.3 is 0 Å². The summed E-state index contributed by atoms with van der Waals surface area (Å²) >= 11 is 0. The molecule has 0 unspecified atom stereocenters. The molecule has 20 heavy (non-hydrogen) atoms. The van der Waals surface area contributed by atoms with Crippen molar-refractivity contribution in [2.45, 2.75) is 26.1 Å². The van der Waals surface area contributed by atoms with Crippen LogP contribution in [0.25, 0.3) is 0 Å². The molecular weight excluding hydrogens is 274 g/mol. The van der Waals surface area contributed by atoms with E-state index in [4.69, 9.17) is 0 Å². The highest BCUT2D eigenvalue weighted by Gasteiger charge is 2.11. The van der Waals surface area contributed by atoms with E-state index in [-0.39, 0.29) is 12.3 Å². The first-order chi connectivity index (χ1) is 9.44. The fourth-order valence-corrected chi connectivity index (χ4v) is 2.76. The molecule has 0 radical (unpaired) electrons. The number of nitrogens with zero attached hydrogens (tertiary/aromatic N) is 2. The van der Waals surface area contributed by atoms with E-state index in [1.54, 1.807) is 12.1 Å². The van der Waals surface area contributed by atoms with Crippen LogP contribution >= 0.6 is 0 Å². The van der Waals surface area contributed by atoms with Crippen LogP contribution in [0.5, 0.6) is 0 Å². The van der Waals surface area contributed by atoms with E-state index in [0.29, 0.717) is 5.69 Å². The Morgan fingerprint density at radius 1 is 1.00 bits per heavy atom. The van der Waals surface area contributed by atoms with Gasteiger partial charge < -0.3 is 0 Å². The molecule has 1 heterocycles. The molecule has 0 spiro atoms. The number of aromatic nitrogens is 2. The molecule has 106 valence electrons. The number of rotatable bonds is 5. The predicted molar refractivity (Wildman–Crippen MR) is 77.4 cm³/mol. The average molecular weight is 291 g/mol. The molecule has 6 heteroatoms. The quantitative estimate of drug-likeness (QED) is 0.910. The molecule has 0 atom stereocenters. The molecule has 0 fully saturated rings. The van der Waals surface area contributed by atoms with Crippen LogP contribution in [0.3, 0.4) is 0 Å². The van der Waals surface area contributed by atoms with Gasteiger partial charge in [0.15, 0.2) is 0 Å². The number of aryl methyl sites for hydroxylation is 2. The minimum absolute atomic E-state index is 0.0351. The van der Waals surface area contributed by atoms with Crippen LogP contribution < -0.4 is 4.72 Å². The molecule has 0 bridgehead atoms. The molecule has 1 N–H and O–H groups in total. The zero-order valence-electron chi connectivity index (χ0n) is 11.5. The summed E-state index contributed by atoms with van der Waals surface area (Å²) in [7, 11) is -3.37. The molecule has 0 saturated carbocycles. The molecule has 0 aliphatic carbocycles. The summed E-state index contributed by atoms with van der Waals surface area (Å²) < 4.78 is 26.5. The molecule has 0 aliphatic rings. The standard InChI is InChI=1S/C14H17N3O2S/c1-11-3-6-13(7-4-11)10-20(18,19)15-9-14-8-5-12(2)16-17-14/h3-8,15H,9-10H2,1-2H3. The highest BCUT2D eigenvalue weighted by atomic mass is 32.2. The molecule has 5 nitrogen and oxygen atoms in total. The maximum Gasteiger partial charge on any atom is 0.216 e. The van der Waals surface area contributed by atoms with Gasteiger partial charge in [-0.25, -0.2) is 13.1 Å². The number of hydrogen-bond acceptors (Lipinski definition) is 4. The predicted octanol–water partition coefficient (Wildman–Crippen LogP) is 1.71. The van der Waals surface area contributed by atoms with Gasteiger partial charge in [0.25, 0.3) is 0 Å². The van der Waals surface area contributed by atoms with Gasteiger partial charge in [0.1, 0.15) is 0 Å². The van der Waals surface area contributed by atoms with E-state index in [1.807, 2.05) is 38.1 Å². The fraction of sp³-hybridized carbons (Fsp3) is 0.286. The highest BCUT2D eigenvalue weighted by molar-refractivity contribution is 7.88. The first-order valence-corrected chi connectivity index (χ1v) is 7.92. The SMILES string of the molecule is Cc1ccc(CS(=O)(=O)NCc2ccc(C)nn2)cc1. The van der Waals surface area contributed by atoms with Gasteiger partial charge in [-0.2, -0.15) is 10.2 Å². The number of benzene rings is 1. The lowest BCUT2D eigenvalue weighted by Crippen LogP contribution is -2.25. The Morgan fingerprint density at radius 3 is 2.30 bits per heavy atom. The van der Waals surface area contributed by atoms with Crippen molar-refractivity contribution in [2.24, 2.45) is 0 Å². The summed E-state index contributed by atoms with van der Waals surface area (Å²) in [6, 6.07) is 11.0. The molecule has 0 aliphatic heterocycles. The van der Waals surface area contributed by atoms with Gasteiger partial charge in [-0.05, 0) is 31.5 Å². The van der Waals surface area contributed by atoms with Crippen molar-refractivity contribution in [3.8, 4) is 0 Å². The molecule has 2 rings (SSSR count). The van der Waals surface area contributed by atoms with Crippen molar-refractivity contribution in [1.29, 1.82) is 0 Å². The van der Waals surface area contributed by atoms with Crippen molar-refractivity contribution >= 4 is 10.0 Å². The number of nitrogens with one attached hydrogen (secondary N) is 1. The van der Waals surface area contributed by atoms with Crippen LogP contribution in [-0.4, -0.2) is 18.6 Å². The fourth-order valence-electron chi connectivity index (χ4n) is 1.66. The Bertz CT molecular complexity index is 665. The van der Waals surface area contributed by atoms with Gasteiger partial charge in [-0.1, -0.05) is 29.8 Å². The molecule has 1 aromatic heterocycles. The Hall–Kier alpha value is -1.79. The summed E-state index contributed by atoms with van der Waals surface area (Å²) in [4.78, 5) is 0. The average Bonchev–Trinajstić information content (AvgIpc) is 2.41. The molecule has 2 aromatic rings. The minimum atomic E-state index is -3.37. The van der Waals surface area contributed by atoms with Crippen LogP contribution in [0, 0.1) is 13.8 Å². The van der Waals surface area contributed by atoms with Crippen molar-refractivity contribution < 1.29 is 8.42 Å². The third-order valence-corrected chi connectivity index (χ3v) is 4.10. The lowest BCUT2D eigenvalue weighted by molar-refractivity contribution is 0.579. The summed E-state index contributed by atoms with van der Waals surface area (Å²) in [6.07, 6.45) is 0. The lowest BCUT2D eigenvalue weighted by Gasteiger charge is -2.06. The van der Waals surface area contributed by atoms with E-state index in [2.05, 4.69) is 14.9 Å². The normalized spacial score (nSPS) is 11.5. The zero-order valence-corrected chi connectivity index (χ0v) is 12.3. The highest BCUT2D eigenvalue weighted by Crippen LogP contribution is 2.07. The van der Waals surface area contributed by atoms with Crippen molar-refractivity contribution in [3.05, 3.63) is 58.9 Å². The van der Waals surface area contributed by atoms with Crippen LogP contribution in [0.15, 0.2) is 36.4 Å². The Morgan fingerprint density at radius 2 is 1.70 bits per heavy atom. The Kier molecular flexibility index (Phi) is 4.46. The first-order valence-electron chi connectivity index (χ1n) is 6.27. The largest absolute Gasteiger partial charge is 0.216 e. The third kappa shape index (κ3) is 4.40. The zero-order chi connectivity index (χ0) is 14.6. The van der Waals surface area contributed by atoms with Crippen molar-refractivity contribution in [2.75, 3.05) is 0 Å². The third-order valence-electron chi connectivity index (χ3n) is 2.80. The number of hydrogen-bond donors (Lipinski definition) is 1. The molecule has 0 saturated heterocycles. The van der Waals surface area contributed by atoms with Crippen LogP contribution in [0.2, 0.25) is 0 Å². The molecule has 0 amide bonds. The summed E-state index contributed by atoms with van der Waals surface area (Å²) in [6.45, 7) is 3.95. The first kappa shape index (κ1) is 14.6. The monoisotopic (exact) mass is 291 g/mol. The van der Waals surface area contributed by atoms with Crippen LogP contribution in [-0.2, 0) is 22.3 Å². The summed E-state index contributed by atoms with van der Waals surface area (Å²) in [5.41, 5.74) is 3.27. The molecule has 1 aromatic carbocycles. The van der Waals surface area contributed by atoms with Crippen molar-refractivity contribution in [3.63, 3.8) is 0 Å². The van der Waals surface area contributed by atoms with Gasteiger partial charge in [0.2, 0.25) is 10.0 Å². The van der Waals surface area contributed by atoms with E-state index in [9.17, 15) is 8.42 Å². The topological polar surface area (TPSA) is 72.0 Å². The Balaban J connectivity index is 1.97. The minimum Gasteiger partial charge on any atom is -0.212 e. The van der Waals surface area contributed by atoms with E-state index in [1.165, 1.54) is 0 Å². The number of sulfonamides is 1. The van der Waals surface area contributed by atoms with Crippen molar-refractivity contribution in [1.82, 2.24) is 14.9 Å². The molecular formula is C14H17N3O2S. The second-order valence-corrected chi connectivity index (χ2v) is 6.54. The maximum absolute atomic E-state index is 12.0. The van der Waals surface area contributed by atoms with Crippen LogP contribution in [0.1, 0.15) is 22.5 Å². The second-order valence-electron chi connectivity index (χ2n) is 4.73. The lowest BCUT2D eigenvalue weighted by atomic mass is 10.2. The van der Waals surface area contributed by atoms with Crippen LogP contribution in [0.4, 0.5) is 0 Å². The summed E-state index contributed by atoms with van der Waals surface area (Å²) in [5, 5.41) is 7.81.